The van der Waals surface area contributed by atoms with Crippen LogP contribution in [0.15, 0.2) is 0 Å². The van der Waals surface area contributed by atoms with Crippen LogP contribution in [-0.4, -0.2) is 23.5 Å². The lowest BCUT2D eigenvalue weighted by Crippen LogP contribution is -2.40. The highest BCUT2D eigenvalue weighted by molar-refractivity contribution is 5.72. The second-order valence-corrected chi connectivity index (χ2v) is 4.34. The van der Waals surface area contributed by atoms with E-state index < -0.39 is 0 Å². The van der Waals surface area contributed by atoms with Gasteiger partial charge < -0.3 is 10.6 Å². The molecule has 0 aromatic rings. The zero-order chi connectivity index (χ0) is 11.7. The fourth-order valence-corrected chi connectivity index (χ4v) is 1.84. The summed E-state index contributed by atoms with van der Waals surface area (Å²) in [6.45, 7) is 6.47. The standard InChI is InChI=1S/C6H14N2O.C6H12/c1-4-8(5(2)3)6(7)9;1-2-4-6-5-3-1/h5H,4H2,1-3H3,(H2,7,9);1-6H2. The van der Waals surface area contributed by atoms with Crippen LogP contribution in [0.1, 0.15) is 59.3 Å². The van der Waals surface area contributed by atoms with Gasteiger partial charge in [-0.3, -0.25) is 0 Å². The van der Waals surface area contributed by atoms with Crippen LogP contribution in [-0.2, 0) is 0 Å². The summed E-state index contributed by atoms with van der Waals surface area (Å²) in [7, 11) is 0. The van der Waals surface area contributed by atoms with Crippen LogP contribution in [0, 0.1) is 0 Å². The van der Waals surface area contributed by atoms with Gasteiger partial charge >= 0.3 is 6.03 Å². The Kier molecular flexibility index (Phi) is 8.15. The maximum Gasteiger partial charge on any atom is 0.315 e. The highest BCUT2D eigenvalue weighted by Gasteiger charge is 2.09. The van der Waals surface area contributed by atoms with Gasteiger partial charge in [-0.25, -0.2) is 4.79 Å². The Balaban J connectivity index is 0.000000280. The average molecular weight is 214 g/mol. The largest absolute Gasteiger partial charge is 0.351 e. The minimum atomic E-state index is -0.340. The number of rotatable bonds is 2. The molecule has 1 aliphatic carbocycles. The molecule has 3 nitrogen and oxygen atoms in total. The molecule has 0 heterocycles. The molecule has 15 heavy (non-hydrogen) atoms. The molecule has 1 rings (SSSR count). The van der Waals surface area contributed by atoms with E-state index in [4.69, 9.17) is 5.73 Å². The van der Waals surface area contributed by atoms with Crippen LogP contribution < -0.4 is 5.73 Å². The monoisotopic (exact) mass is 214 g/mol. The van der Waals surface area contributed by atoms with E-state index in [1.165, 1.54) is 38.5 Å². The number of amides is 2. The van der Waals surface area contributed by atoms with E-state index in [2.05, 4.69) is 0 Å². The molecule has 0 unspecified atom stereocenters. The highest BCUT2D eigenvalue weighted by atomic mass is 16.2. The Morgan fingerprint density at radius 1 is 1.13 bits per heavy atom. The summed E-state index contributed by atoms with van der Waals surface area (Å²) in [5.74, 6) is 0. The van der Waals surface area contributed by atoms with E-state index in [-0.39, 0.29) is 12.1 Å². The second-order valence-electron chi connectivity index (χ2n) is 4.34. The Morgan fingerprint density at radius 2 is 1.47 bits per heavy atom. The highest BCUT2D eigenvalue weighted by Crippen LogP contribution is 2.15. The number of carbonyl (C=O) groups excluding carboxylic acids is 1. The predicted octanol–water partition coefficient (Wildman–Crippen LogP) is 3.14. The molecule has 0 radical (unpaired) electrons. The number of carbonyl (C=O) groups is 1. The van der Waals surface area contributed by atoms with Crippen molar-refractivity contribution in [1.82, 2.24) is 4.90 Å². The van der Waals surface area contributed by atoms with Gasteiger partial charge in [-0.05, 0) is 20.8 Å². The van der Waals surface area contributed by atoms with Crippen molar-refractivity contribution in [2.75, 3.05) is 6.54 Å². The van der Waals surface area contributed by atoms with Gasteiger partial charge in [-0.2, -0.15) is 0 Å². The Labute approximate surface area is 94.0 Å². The normalized spacial score (nSPS) is 15.5. The summed E-state index contributed by atoms with van der Waals surface area (Å²) in [5, 5.41) is 0. The van der Waals surface area contributed by atoms with Crippen molar-refractivity contribution in [3.63, 3.8) is 0 Å². The number of nitrogens with zero attached hydrogens (tertiary/aromatic N) is 1. The number of nitrogens with two attached hydrogens (primary N) is 1. The third kappa shape index (κ3) is 7.23. The molecule has 1 fully saturated rings. The first-order valence-corrected chi connectivity index (χ1v) is 6.15. The van der Waals surface area contributed by atoms with Crippen molar-refractivity contribution in [3.8, 4) is 0 Å². The summed E-state index contributed by atoms with van der Waals surface area (Å²) in [6, 6.07) is -0.125. The summed E-state index contributed by atoms with van der Waals surface area (Å²) in [6.07, 6.45) is 9.00. The lowest BCUT2D eigenvalue weighted by molar-refractivity contribution is 0.196. The van der Waals surface area contributed by atoms with Gasteiger partial charge in [0.2, 0.25) is 0 Å². The molecule has 1 aliphatic rings. The van der Waals surface area contributed by atoms with Crippen LogP contribution in [0.2, 0.25) is 0 Å². The van der Waals surface area contributed by atoms with Crippen LogP contribution in [0.3, 0.4) is 0 Å². The molecule has 2 N–H and O–H groups in total. The first-order chi connectivity index (χ1) is 7.09. The first kappa shape index (κ1) is 14.3. The van der Waals surface area contributed by atoms with Gasteiger partial charge in [0.15, 0.2) is 0 Å². The fraction of sp³-hybridized carbons (Fsp3) is 0.917. The topological polar surface area (TPSA) is 46.3 Å². The molecule has 0 atom stereocenters. The molecule has 90 valence electrons. The van der Waals surface area contributed by atoms with E-state index in [1.807, 2.05) is 20.8 Å². The first-order valence-electron chi connectivity index (χ1n) is 6.15. The Bertz CT molecular complexity index is 153. The minimum absolute atomic E-state index is 0.215. The quantitative estimate of drug-likeness (QED) is 0.754. The molecule has 0 aromatic heterocycles. The number of primary amides is 1. The summed E-state index contributed by atoms with van der Waals surface area (Å²) in [5.41, 5.74) is 5.04. The van der Waals surface area contributed by atoms with Crippen LogP contribution in [0.4, 0.5) is 4.79 Å². The molecule has 2 amide bonds. The van der Waals surface area contributed by atoms with Gasteiger partial charge in [0.05, 0.1) is 0 Å². The van der Waals surface area contributed by atoms with Crippen molar-refractivity contribution >= 4 is 6.03 Å². The smallest absolute Gasteiger partial charge is 0.315 e. The van der Waals surface area contributed by atoms with E-state index in [1.54, 1.807) is 4.90 Å². The third-order valence-corrected chi connectivity index (χ3v) is 2.75. The maximum absolute atomic E-state index is 10.5. The van der Waals surface area contributed by atoms with Crippen molar-refractivity contribution < 1.29 is 4.79 Å². The summed E-state index contributed by atoms with van der Waals surface area (Å²) >= 11 is 0. The lowest BCUT2D eigenvalue weighted by Gasteiger charge is -2.22. The minimum Gasteiger partial charge on any atom is -0.351 e. The number of hydrogen-bond donors (Lipinski definition) is 1. The molecule has 0 bridgehead atoms. The van der Waals surface area contributed by atoms with Gasteiger partial charge in [0.25, 0.3) is 0 Å². The van der Waals surface area contributed by atoms with E-state index in [0.717, 1.165) is 0 Å². The van der Waals surface area contributed by atoms with E-state index >= 15 is 0 Å². The molecule has 0 spiro atoms. The molecular weight excluding hydrogens is 188 g/mol. The van der Waals surface area contributed by atoms with Crippen LogP contribution >= 0.6 is 0 Å². The average Bonchev–Trinajstić information content (AvgIpc) is 2.21. The SMILES string of the molecule is C1CCCCC1.CCN(C(N)=O)C(C)C. The number of urea groups is 1. The van der Waals surface area contributed by atoms with Gasteiger partial charge in [0.1, 0.15) is 0 Å². The predicted molar refractivity (Wildman–Crippen MR) is 64.8 cm³/mol. The summed E-state index contributed by atoms with van der Waals surface area (Å²) in [4.78, 5) is 12.1. The zero-order valence-electron chi connectivity index (χ0n) is 10.5. The van der Waals surface area contributed by atoms with Crippen molar-refractivity contribution in [3.05, 3.63) is 0 Å². The Morgan fingerprint density at radius 3 is 1.53 bits per heavy atom. The van der Waals surface area contributed by atoms with Gasteiger partial charge in [-0.1, -0.05) is 38.5 Å². The van der Waals surface area contributed by atoms with E-state index in [9.17, 15) is 4.79 Å². The van der Waals surface area contributed by atoms with Crippen molar-refractivity contribution in [1.29, 1.82) is 0 Å². The molecule has 0 saturated heterocycles. The van der Waals surface area contributed by atoms with E-state index in [0.29, 0.717) is 6.54 Å². The fourth-order valence-electron chi connectivity index (χ4n) is 1.84. The van der Waals surface area contributed by atoms with Crippen LogP contribution in [0.25, 0.3) is 0 Å². The maximum atomic E-state index is 10.5. The molecular formula is C12H26N2O. The van der Waals surface area contributed by atoms with Crippen molar-refractivity contribution in [2.45, 2.75) is 65.3 Å². The molecule has 1 saturated carbocycles. The third-order valence-electron chi connectivity index (χ3n) is 2.75. The second kappa shape index (κ2) is 8.57. The van der Waals surface area contributed by atoms with Gasteiger partial charge in [-0.15, -0.1) is 0 Å². The van der Waals surface area contributed by atoms with Crippen LogP contribution in [0.5, 0.6) is 0 Å². The summed E-state index contributed by atoms with van der Waals surface area (Å²) < 4.78 is 0. The zero-order valence-corrected chi connectivity index (χ0v) is 10.5. The molecule has 0 aromatic carbocycles. The lowest BCUT2D eigenvalue weighted by atomic mass is 10.0. The number of hydrogen-bond acceptors (Lipinski definition) is 1. The molecule has 3 heteroatoms. The van der Waals surface area contributed by atoms with Crippen molar-refractivity contribution in [2.24, 2.45) is 5.73 Å². The van der Waals surface area contributed by atoms with Gasteiger partial charge in [0, 0.05) is 12.6 Å². The molecule has 0 aliphatic heterocycles. The Hall–Kier alpha value is -0.730.